The predicted molar refractivity (Wildman–Crippen MR) is 117 cm³/mol. The molecule has 0 saturated carbocycles. The van der Waals surface area contributed by atoms with Gasteiger partial charge in [-0.3, -0.25) is 14.5 Å². The van der Waals surface area contributed by atoms with Crippen molar-refractivity contribution < 1.29 is 5.11 Å². The molecule has 4 aliphatic heterocycles. The molecule has 7 heteroatoms. The van der Waals surface area contributed by atoms with Gasteiger partial charge in [0.05, 0.1) is 12.6 Å². The van der Waals surface area contributed by atoms with Gasteiger partial charge in [-0.15, -0.1) is 0 Å². The fourth-order valence-electron chi connectivity index (χ4n) is 6.70. The molecule has 2 N–H and O–H groups in total. The average Bonchev–Trinajstić information content (AvgIpc) is 2.77. The number of nitrogens with one attached hydrogen (secondary N) is 1. The van der Waals surface area contributed by atoms with Crippen LogP contribution >= 0.6 is 0 Å². The van der Waals surface area contributed by atoms with E-state index in [0.29, 0.717) is 18.4 Å². The number of hydrogen-bond donors (Lipinski definition) is 2. The molecule has 4 aliphatic rings. The van der Waals surface area contributed by atoms with Gasteiger partial charge in [0, 0.05) is 67.6 Å². The fourth-order valence-corrected chi connectivity index (χ4v) is 6.70. The van der Waals surface area contributed by atoms with Crippen LogP contribution in [0.5, 0.6) is 0 Å². The first-order valence-electron chi connectivity index (χ1n) is 11.6. The zero-order valence-corrected chi connectivity index (χ0v) is 17.7. The largest absolute Gasteiger partial charge is 0.394 e. The maximum Gasteiger partial charge on any atom is 0.255 e. The topological polar surface area (TPSA) is 79.5 Å². The Hall–Kier alpha value is -2.22. The Kier molecular flexibility index (Phi) is 4.67. The lowest BCUT2D eigenvalue weighted by Crippen LogP contribution is -2.50. The Morgan fingerprint density at radius 1 is 0.968 bits per heavy atom. The first-order chi connectivity index (χ1) is 15.1. The zero-order valence-electron chi connectivity index (χ0n) is 17.7. The first kappa shape index (κ1) is 19.5. The van der Waals surface area contributed by atoms with Crippen LogP contribution in [-0.4, -0.2) is 51.9 Å². The van der Waals surface area contributed by atoms with Gasteiger partial charge in [0.15, 0.2) is 0 Å². The second-order valence-corrected chi connectivity index (χ2v) is 9.95. The van der Waals surface area contributed by atoms with Crippen molar-refractivity contribution in [2.45, 2.75) is 43.8 Å². The number of hydrogen-bond acceptors (Lipinski definition) is 5. The van der Waals surface area contributed by atoms with E-state index in [-0.39, 0.29) is 35.6 Å². The molecule has 2 fully saturated rings. The average molecular weight is 423 g/mol. The van der Waals surface area contributed by atoms with E-state index in [0.717, 1.165) is 50.4 Å². The Labute approximate surface area is 181 Å². The van der Waals surface area contributed by atoms with Gasteiger partial charge in [0.1, 0.15) is 0 Å². The van der Waals surface area contributed by atoms with Crippen LogP contribution in [0.2, 0.25) is 0 Å². The molecule has 7 nitrogen and oxygen atoms in total. The number of rotatable bonds is 3. The number of likely N-dealkylation sites (tertiary alicyclic amines) is 1. The van der Waals surface area contributed by atoms with E-state index in [2.05, 4.69) is 16.3 Å². The van der Waals surface area contributed by atoms with Gasteiger partial charge in [0.25, 0.3) is 11.1 Å². The van der Waals surface area contributed by atoms with E-state index < -0.39 is 0 Å². The maximum absolute atomic E-state index is 13.4. The van der Waals surface area contributed by atoms with Crippen molar-refractivity contribution in [3.63, 3.8) is 0 Å². The third-order valence-corrected chi connectivity index (χ3v) is 8.04. The van der Waals surface area contributed by atoms with Gasteiger partial charge in [-0.25, -0.2) is 0 Å². The Bertz CT molecular complexity index is 1120. The van der Waals surface area contributed by atoms with Gasteiger partial charge in [-0.1, -0.05) is 12.1 Å². The zero-order chi connectivity index (χ0) is 21.1. The van der Waals surface area contributed by atoms with Gasteiger partial charge in [-0.2, -0.15) is 0 Å². The van der Waals surface area contributed by atoms with Gasteiger partial charge in [0.2, 0.25) is 0 Å². The number of fused-ring (bicyclic) bond motifs is 8. The van der Waals surface area contributed by atoms with E-state index in [1.165, 1.54) is 12.1 Å². The monoisotopic (exact) mass is 422 g/mol. The molecule has 0 radical (unpaired) electrons. The normalized spacial score (nSPS) is 31.7. The van der Waals surface area contributed by atoms with Crippen LogP contribution < -0.4 is 16.4 Å². The number of piperidine rings is 2. The van der Waals surface area contributed by atoms with Crippen LogP contribution in [0, 0.1) is 11.8 Å². The standard InChI is InChI=1S/C24H30N4O3/c29-14-22-19-7-18(21-2-1-3-23(30)28(21)22)12-26(13-19)11-16-4-5-20-17-6-15(8-25-9-17)10-27(20)24(16)31/h1-5,15,17-19,22,25,29H,6-14H2/t15-,17+,18+,19-,22-/m0/s1. The number of aliphatic hydroxyl groups is 1. The number of nitrogens with zero attached hydrogens (tertiary/aromatic N) is 3. The summed E-state index contributed by atoms with van der Waals surface area (Å²) < 4.78 is 3.85. The summed E-state index contributed by atoms with van der Waals surface area (Å²) in [6, 6.07) is 9.46. The molecule has 31 heavy (non-hydrogen) atoms. The van der Waals surface area contributed by atoms with Crippen LogP contribution in [0.1, 0.15) is 47.7 Å². The van der Waals surface area contributed by atoms with Crippen molar-refractivity contribution in [3.05, 3.63) is 68.0 Å². The van der Waals surface area contributed by atoms with Crippen molar-refractivity contribution >= 4 is 0 Å². The molecule has 0 aliphatic carbocycles. The summed E-state index contributed by atoms with van der Waals surface area (Å²) in [6.45, 7) is 5.04. The molecule has 0 spiro atoms. The summed E-state index contributed by atoms with van der Waals surface area (Å²) in [6.07, 6.45) is 2.17. The molecule has 164 valence electrons. The summed E-state index contributed by atoms with van der Waals surface area (Å²) in [4.78, 5) is 28.2. The lowest BCUT2D eigenvalue weighted by Gasteiger charge is -2.46. The quantitative estimate of drug-likeness (QED) is 0.768. The summed E-state index contributed by atoms with van der Waals surface area (Å²) in [5, 5.41) is 13.6. The summed E-state index contributed by atoms with van der Waals surface area (Å²) >= 11 is 0. The molecular weight excluding hydrogens is 392 g/mol. The number of aliphatic hydroxyl groups excluding tert-OH is 1. The van der Waals surface area contributed by atoms with Crippen LogP contribution in [-0.2, 0) is 13.1 Å². The minimum absolute atomic E-state index is 0.0207. The fraction of sp³-hybridized carbons (Fsp3) is 0.583. The molecule has 0 amide bonds. The van der Waals surface area contributed by atoms with E-state index in [9.17, 15) is 14.7 Å². The van der Waals surface area contributed by atoms with Gasteiger partial charge >= 0.3 is 0 Å². The summed E-state index contributed by atoms with van der Waals surface area (Å²) in [5.74, 6) is 1.49. The smallest absolute Gasteiger partial charge is 0.255 e. The van der Waals surface area contributed by atoms with Crippen LogP contribution in [0.15, 0.2) is 39.9 Å². The Morgan fingerprint density at radius 3 is 2.74 bits per heavy atom. The van der Waals surface area contributed by atoms with E-state index in [1.807, 2.05) is 27.3 Å². The molecule has 4 bridgehead atoms. The third-order valence-electron chi connectivity index (χ3n) is 8.04. The second-order valence-electron chi connectivity index (χ2n) is 9.95. The Morgan fingerprint density at radius 2 is 1.87 bits per heavy atom. The number of pyridine rings is 2. The minimum Gasteiger partial charge on any atom is -0.394 e. The van der Waals surface area contributed by atoms with Crippen LogP contribution in [0.4, 0.5) is 0 Å². The lowest BCUT2D eigenvalue weighted by molar-refractivity contribution is 0.0577. The maximum atomic E-state index is 13.4. The molecule has 0 aromatic carbocycles. The summed E-state index contributed by atoms with van der Waals surface area (Å²) in [5.41, 5.74) is 3.21. The van der Waals surface area contributed by atoms with Crippen molar-refractivity contribution in [3.8, 4) is 0 Å². The highest BCUT2D eigenvalue weighted by atomic mass is 16.3. The first-order valence-corrected chi connectivity index (χ1v) is 11.6. The predicted octanol–water partition coefficient (Wildman–Crippen LogP) is 0.869. The van der Waals surface area contributed by atoms with E-state index in [1.54, 1.807) is 6.07 Å². The van der Waals surface area contributed by atoms with Gasteiger partial charge < -0.3 is 19.6 Å². The molecule has 2 saturated heterocycles. The lowest BCUT2D eigenvalue weighted by atomic mass is 9.78. The highest BCUT2D eigenvalue weighted by Crippen LogP contribution is 2.41. The van der Waals surface area contributed by atoms with Crippen LogP contribution in [0.25, 0.3) is 0 Å². The molecule has 0 unspecified atom stereocenters. The molecule has 6 heterocycles. The van der Waals surface area contributed by atoms with E-state index >= 15 is 0 Å². The number of aromatic nitrogens is 2. The minimum atomic E-state index is -0.181. The van der Waals surface area contributed by atoms with E-state index in [4.69, 9.17) is 0 Å². The van der Waals surface area contributed by atoms with Crippen molar-refractivity contribution in [1.82, 2.24) is 19.4 Å². The van der Waals surface area contributed by atoms with Crippen LogP contribution in [0.3, 0.4) is 0 Å². The van der Waals surface area contributed by atoms with Crippen molar-refractivity contribution in [1.29, 1.82) is 0 Å². The summed E-state index contributed by atoms with van der Waals surface area (Å²) in [7, 11) is 0. The van der Waals surface area contributed by atoms with Crippen molar-refractivity contribution in [2.24, 2.45) is 11.8 Å². The molecule has 2 aromatic rings. The molecule has 6 rings (SSSR count). The highest BCUT2D eigenvalue weighted by Gasteiger charge is 2.40. The Balaban J connectivity index is 1.29. The molecule has 2 aromatic heterocycles. The SMILES string of the molecule is O=c1c(CN2C[C@H]3C[C@@H](C2)[C@H](CO)n2c3cccc2=O)ccc2n1C[C@@H]1CNC[C@H]2C1. The van der Waals surface area contributed by atoms with Gasteiger partial charge in [-0.05, 0) is 43.4 Å². The third kappa shape index (κ3) is 3.13. The molecular formula is C24H30N4O3. The molecule has 5 atom stereocenters. The second kappa shape index (κ2) is 7.43. The highest BCUT2D eigenvalue weighted by molar-refractivity contribution is 5.23. The van der Waals surface area contributed by atoms with Crippen molar-refractivity contribution in [2.75, 3.05) is 32.8 Å².